The molecular weight excluding hydrogens is 592 g/mol. The van der Waals surface area contributed by atoms with Gasteiger partial charge in [-0.3, -0.25) is 10.1 Å². The molecule has 234 valence electrons. The van der Waals surface area contributed by atoms with Crippen molar-refractivity contribution >= 4 is 17.8 Å². The third-order valence-corrected chi connectivity index (χ3v) is 7.58. The molecule has 1 unspecified atom stereocenters. The molecule has 0 radical (unpaired) electrons. The Hall–Kier alpha value is -4.20. The van der Waals surface area contributed by atoms with E-state index in [-0.39, 0.29) is 66.2 Å². The molecule has 1 atom stereocenters. The van der Waals surface area contributed by atoms with Crippen molar-refractivity contribution in [1.82, 2.24) is 14.9 Å². The van der Waals surface area contributed by atoms with Gasteiger partial charge in [-0.25, -0.2) is 9.78 Å². The fourth-order valence-corrected chi connectivity index (χ4v) is 5.50. The number of hydrogen-bond acceptors (Lipinski definition) is 6. The molecule has 14 heteroatoms. The van der Waals surface area contributed by atoms with Gasteiger partial charge in [-0.2, -0.15) is 31.3 Å². The van der Waals surface area contributed by atoms with Crippen molar-refractivity contribution in [2.24, 2.45) is 0 Å². The summed E-state index contributed by atoms with van der Waals surface area (Å²) in [6, 6.07) is 8.46. The maximum Gasteiger partial charge on any atom is 0.416 e. The molecule has 1 saturated heterocycles. The zero-order valence-electron chi connectivity index (χ0n) is 23.9. The van der Waals surface area contributed by atoms with Crippen molar-refractivity contribution in [3.8, 4) is 17.1 Å². The fraction of sp³-hybridized carbons (Fsp3) is 0.400. The van der Waals surface area contributed by atoms with Gasteiger partial charge in [0.15, 0.2) is 0 Å². The van der Waals surface area contributed by atoms with Crippen LogP contribution in [0, 0.1) is 6.92 Å². The zero-order valence-corrected chi connectivity index (χ0v) is 23.9. The predicted octanol–water partition coefficient (Wildman–Crippen LogP) is 4.60. The standard InChI is InChI=1S/C30H29F6N5O3/c1-17-6-3-4-7-23(17)25-24-26(39-28(38-25)41-10-8-22(16-41)37-18(2)42)44-11-5-9-40(27(24)43)15-19-12-20(29(31,32)33)14-21(13-19)30(34,35)36/h3-4,6-7,12-14,22H,5,8-11,15-16H2,1-2H3,(H,37,42)/p+1. The number of alkyl halides is 6. The number of aryl methyl sites for hydroxylation is 1. The minimum Gasteiger partial charge on any atom is -0.477 e. The predicted molar refractivity (Wildman–Crippen MR) is 147 cm³/mol. The minimum absolute atomic E-state index is 0.00730. The average molecular weight is 623 g/mol. The second-order valence-electron chi connectivity index (χ2n) is 11.0. The summed E-state index contributed by atoms with van der Waals surface area (Å²) in [6.07, 6.45) is -9.08. The number of aromatic nitrogens is 2. The smallest absolute Gasteiger partial charge is 0.416 e. The topological polar surface area (TPSA) is 92.2 Å². The summed E-state index contributed by atoms with van der Waals surface area (Å²) in [7, 11) is 0. The number of halogens is 6. The lowest BCUT2D eigenvalue weighted by Crippen LogP contribution is -2.93. The van der Waals surface area contributed by atoms with Crippen molar-refractivity contribution in [2.45, 2.75) is 51.6 Å². The van der Waals surface area contributed by atoms with Crippen molar-refractivity contribution < 1.29 is 46.0 Å². The SMILES string of the molecule is CC(=O)[NH2+]C1CCN(c2nc3c(c(-c4ccccc4C)n2)C(=O)N(Cc2cc(C(F)(F)F)cc(C(F)(F)F)c2)CCCO3)C1. The van der Waals surface area contributed by atoms with Gasteiger partial charge in [0, 0.05) is 31.6 Å². The summed E-state index contributed by atoms with van der Waals surface area (Å²) >= 11 is 0. The van der Waals surface area contributed by atoms with Crippen LogP contribution in [0.4, 0.5) is 32.3 Å². The van der Waals surface area contributed by atoms with E-state index in [2.05, 4.69) is 4.98 Å². The first-order chi connectivity index (χ1) is 20.7. The Morgan fingerprint density at radius 1 is 1.02 bits per heavy atom. The summed E-state index contributed by atoms with van der Waals surface area (Å²) in [5.74, 6) is -0.468. The first-order valence-electron chi connectivity index (χ1n) is 14.0. The first kappa shape index (κ1) is 31.2. The quantitative estimate of drug-likeness (QED) is 0.419. The highest BCUT2D eigenvalue weighted by molar-refractivity contribution is 6.02. The van der Waals surface area contributed by atoms with E-state index in [4.69, 9.17) is 9.72 Å². The van der Waals surface area contributed by atoms with Crippen LogP contribution >= 0.6 is 0 Å². The summed E-state index contributed by atoms with van der Waals surface area (Å²) < 4.78 is 87.1. The molecule has 2 amide bonds. The van der Waals surface area contributed by atoms with Crippen molar-refractivity contribution in [1.29, 1.82) is 0 Å². The molecule has 1 aromatic heterocycles. The molecule has 3 heterocycles. The van der Waals surface area contributed by atoms with Crippen LogP contribution in [0.5, 0.6) is 5.88 Å². The number of carbonyl (C=O) groups excluding carboxylic acids is 2. The van der Waals surface area contributed by atoms with Gasteiger partial charge in [-0.1, -0.05) is 24.3 Å². The van der Waals surface area contributed by atoms with Crippen LogP contribution in [0.1, 0.15) is 52.4 Å². The molecule has 8 nitrogen and oxygen atoms in total. The number of ether oxygens (including phenoxy) is 1. The van der Waals surface area contributed by atoms with Gasteiger partial charge >= 0.3 is 18.3 Å². The fourth-order valence-electron chi connectivity index (χ4n) is 5.50. The highest BCUT2D eigenvalue weighted by Gasteiger charge is 2.38. The highest BCUT2D eigenvalue weighted by atomic mass is 19.4. The third-order valence-electron chi connectivity index (χ3n) is 7.58. The Bertz CT molecular complexity index is 1540. The van der Waals surface area contributed by atoms with E-state index in [0.29, 0.717) is 37.2 Å². The highest BCUT2D eigenvalue weighted by Crippen LogP contribution is 2.38. The van der Waals surface area contributed by atoms with Crippen LogP contribution in [0.15, 0.2) is 42.5 Å². The molecule has 2 aliphatic heterocycles. The monoisotopic (exact) mass is 622 g/mol. The molecule has 44 heavy (non-hydrogen) atoms. The number of nitrogens with two attached hydrogens (primary N) is 1. The third kappa shape index (κ3) is 6.79. The molecule has 2 aliphatic rings. The Kier molecular flexibility index (Phi) is 8.56. The average Bonchev–Trinajstić information content (AvgIpc) is 3.40. The second-order valence-corrected chi connectivity index (χ2v) is 11.0. The molecular formula is C30H30F6N5O3+. The second kappa shape index (κ2) is 12.1. The van der Waals surface area contributed by atoms with Gasteiger partial charge in [0.25, 0.3) is 5.91 Å². The molecule has 0 aliphatic carbocycles. The number of hydrogen-bond donors (Lipinski definition) is 1. The Morgan fingerprint density at radius 3 is 2.34 bits per heavy atom. The summed E-state index contributed by atoms with van der Waals surface area (Å²) in [5.41, 5.74) is -1.65. The van der Waals surface area contributed by atoms with E-state index in [9.17, 15) is 35.9 Å². The first-order valence-corrected chi connectivity index (χ1v) is 14.0. The molecule has 2 aromatic carbocycles. The zero-order chi connectivity index (χ0) is 31.8. The Morgan fingerprint density at radius 2 is 1.70 bits per heavy atom. The van der Waals surface area contributed by atoms with E-state index in [1.54, 1.807) is 17.4 Å². The van der Waals surface area contributed by atoms with Crippen LogP contribution in [0.25, 0.3) is 11.3 Å². The van der Waals surface area contributed by atoms with Gasteiger partial charge in [-0.15, -0.1) is 0 Å². The number of benzene rings is 2. The van der Waals surface area contributed by atoms with Gasteiger partial charge < -0.3 is 14.5 Å². The van der Waals surface area contributed by atoms with Gasteiger partial charge in [0.2, 0.25) is 11.8 Å². The molecule has 1 fully saturated rings. The van der Waals surface area contributed by atoms with Gasteiger partial charge in [0.1, 0.15) is 11.6 Å². The molecule has 0 spiro atoms. The number of quaternary nitrogens is 1. The van der Waals surface area contributed by atoms with Crippen molar-refractivity contribution in [3.05, 3.63) is 70.3 Å². The van der Waals surface area contributed by atoms with E-state index in [0.717, 1.165) is 5.56 Å². The van der Waals surface area contributed by atoms with Crippen molar-refractivity contribution in [3.63, 3.8) is 0 Å². The van der Waals surface area contributed by atoms with Gasteiger partial charge in [-0.05, 0) is 42.7 Å². The number of nitrogens with zero attached hydrogens (tertiary/aromatic N) is 4. The normalized spacial score (nSPS) is 17.6. The van der Waals surface area contributed by atoms with E-state index < -0.39 is 35.9 Å². The van der Waals surface area contributed by atoms with Crippen LogP contribution in [0.3, 0.4) is 0 Å². The van der Waals surface area contributed by atoms with Crippen LogP contribution in [0.2, 0.25) is 0 Å². The van der Waals surface area contributed by atoms with Crippen LogP contribution < -0.4 is 15.0 Å². The maximum atomic E-state index is 14.1. The molecule has 0 bridgehead atoms. The van der Waals surface area contributed by atoms with E-state index in [1.165, 1.54) is 11.8 Å². The lowest BCUT2D eigenvalue weighted by Gasteiger charge is -2.28. The van der Waals surface area contributed by atoms with E-state index >= 15 is 0 Å². The lowest BCUT2D eigenvalue weighted by molar-refractivity contribution is -0.599. The van der Waals surface area contributed by atoms with E-state index in [1.807, 2.05) is 24.0 Å². The Balaban J connectivity index is 1.58. The minimum atomic E-state index is -5.02. The number of carbonyl (C=O) groups is 2. The van der Waals surface area contributed by atoms with Crippen molar-refractivity contribution in [2.75, 3.05) is 31.1 Å². The number of rotatable bonds is 5. The van der Waals surface area contributed by atoms with Crippen LogP contribution in [-0.2, 0) is 23.7 Å². The molecule has 0 saturated carbocycles. The number of fused-ring (bicyclic) bond motifs is 1. The molecule has 3 aromatic rings. The summed E-state index contributed by atoms with van der Waals surface area (Å²) in [4.78, 5) is 38.2. The Labute approximate surface area is 249 Å². The van der Waals surface area contributed by atoms with Crippen LogP contribution in [-0.4, -0.2) is 59.0 Å². The molecule has 5 rings (SSSR count). The number of anilines is 1. The van der Waals surface area contributed by atoms with Gasteiger partial charge in [0.05, 0.1) is 36.9 Å². The number of amides is 2. The summed E-state index contributed by atoms with van der Waals surface area (Å²) in [5, 5.41) is 1.64. The maximum absolute atomic E-state index is 14.1. The summed E-state index contributed by atoms with van der Waals surface area (Å²) in [6.45, 7) is 3.94. The largest absolute Gasteiger partial charge is 0.477 e. The number of primary amides is 1. The lowest BCUT2D eigenvalue weighted by atomic mass is 10.00. The molecule has 2 N–H and O–H groups in total.